The fourth-order valence-corrected chi connectivity index (χ4v) is 7.30. The molecule has 1 aromatic carbocycles. The van der Waals surface area contributed by atoms with E-state index in [0.29, 0.717) is 5.92 Å². The molecule has 3 fully saturated rings. The number of halogens is 1. The van der Waals surface area contributed by atoms with Crippen LogP contribution in [0.2, 0.25) is 0 Å². The zero-order valence-corrected chi connectivity index (χ0v) is 19.0. The summed E-state index contributed by atoms with van der Waals surface area (Å²) in [5.74, 6) is 5.58. The number of aryl methyl sites for hydroxylation is 1. The van der Waals surface area contributed by atoms with Gasteiger partial charge < -0.3 is 0 Å². The van der Waals surface area contributed by atoms with Crippen LogP contribution in [0.3, 0.4) is 0 Å². The SMILES string of the molecule is CCCc1ccc(C2CCC3CC(C4CCC(CCC)CC4)CCC3C2)cc1F. The molecule has 3 aliphatic carbocycles. The summed E-state index contributed by atoms with van der Waals surface area (Å²) in [5, 5.41) is 0. The van der Waals surface area contributed by atoms with Gasteiger partial charge in [0, 0.05) is 0 Å². The second kappa shape index (κ2) is 9.97. The van der Waals surface area contributed by atoms with Gasteiger partial charge in [0.1, 0.15) is 5.82 Å². The zero-order valence-electron chi connectivity index (χ0n) is 19.0. The predicted octanol–water partition coefficient (Wildman–Crippen LogP) is 8.68. The first-order valence-electron chi connectivity index (χ1n) is 13.0. The highest BCUT2D eigenvalue weighted by Gasteiger charge is 2.39. The molecular formula is C28H43F. The topological polar surface area (TPSA) is 0 Å². The maximum Gasteiger partial charge on any atom is 0.126 e. The van der Waals surface area contributed by atoms with E-state index in [2.05, 4.69) is 26.0 Å². The minimum Gasteiger partial charge on any atom is -0.207 e. The monoisotopic (exact) mass is 398 g/mol. The van der Waals surface area contributed by atoms with E-state index in [-0.39, 0.29) is 5.82 Å². The van der Waals surface area contributed by atoms with E-state index >= 15 is 0 Å². The molecule has 3 saturated carbocycles. The molecule has 0 bridgehead atoms. The normalized spacial score (nSPS) is 35.3. The summed E-state index contributed by atoms with van der Waals surface area (Å²) in [7, 11) is 0. The molecule has 0 N–H and O–H groups in total. The van der Waals surface area contributed by atoms with Crippen molar-refractivity contribution in [2.75, 3.05) is 0 Å². The van der Waals surface area contributed by atoms with Gasteiger partial charge in [-0.3, -0.25) is 0 Å². The van der Waals surface area contributed by atoms with Crippen molar-refractivity contribution in [1.82, 2.24) is 0 Å². The molecule has 4 atom stereocenters. The summed E-state index contributed by atoms with van der Waals surface area (Å²) in [4.78, 5) is 0. The molecule has 0 aromatic heterocycles. The highest BCUT2D eigenvalue weighted by molar-refractivity contribution is 5.27. The molecule has 4 rings (SSSR count). The molecule has 3 aliphatic rings. The Kier molecular flexibility index (Phi) is 7.35. The van der Waals surface area contributed by atoms with E-state index in [1.54, 1.807) is 0 Å². The average Bonchev–Trinajstić information content (AvgIpc) is 2.75. The first kappa shape index (κ1) is 21.4. The molecule has 0 amide bonds. The second-order valence-corrected chi connectivity index (χ2v) is 10.8. The van der Waals surface area contributed by atoms with Crippen LogP contribution >= 0.6 is 0 Å². The Morgan fingerprint density at radius 1 is 0.759 bits per heavy atom. The fraction of sp³-hybridized carbons (Fsp3) is 0.786. The third kappa shape index (κ3) is 5.08. The lowest BCUT2D eigenvalue weighted by Gasteiger charge is -2.45. The van der Waals surface area contributed by atoms with Gasteiger partial charge >= 0.3 is 0 Å². The lowest BCUT2D eigenvalue weighted by atomic mass is 9.60. The molecule has 0 aliphatic heterocycles. The van der Waals surface area contributed by atoms with E-state index in [0.717, 1.165) is 48.0 Å². The zero-order chi connectivity index (χ0) is 20.2. The Morgan fingerprint density at radius 3 is 2.10 bits per heavy atom. The van der Waals surface area contributed by atoms with Crippen LogP contribution in [0.5, 0.6) is 0 Å². The lowest BCUT2D eigenvalue weighted by molar-refractivity contribution is 0.0711. The highest BCUT2D eigenvalue weighted by atomic mass is 19.1. The largest absolute Gasteiger partial charge is 0.207 e. The Bertz CT molecular complexity index is 642. The molecule has 1 heteroatoms. The van der Waals surface area contributed by atoms with Gasteiger partial charge in [-0.15, -0.1) is 0 Å². The van der Waals surface area contributed by atoms with Crippen molar-refractivity contribution in [3.05, 3.63) is 35.1 Å². The molecule has 1 aromatic rings. The molecule has 0 heterocycles. The van der Waals surface area contributed by atoms with Gasteiger partial charge in [-0.2, -0.15) is 0 Å². The van der Waals surface area contributed by atoms with Crippen molar-refractivity contribution in [2.24, 2.45) is 29.6 Å². The second-order valence-electron chi connectivity index (χ2n) is 10.8. The number of rotatable bonds is 6. The summed E-state index contributed by atoms with van der Waals surface area (Å²) in [6.07, 6.45) is 19.1. The van der Waals surface area contributed by atoms with E-state index in [4.69, 9.17) is 0 Å². The molecule has 162 valence electrons. The van der Waals surface area contributed by atoms with Crippen LogP contribution in [0.1, 0.15) is 114 Å². The molecule has 4 unspecified atom stereocenters. The fourth-order valence-electron chi connectivity index (χ4n) is 7.30. The van der Waals surface area contributed by atoms with E-state index in [1.807, 2.05) is 6.07 Å². The quantitative estimate of drug-likeness (QED) is 0.449. The Labute approximate surface area is 179 Å². The number of benzene rings is 1. The van der Waals surface area contributed by atoms with Crippen molar-refractivity contribution in [3.63, 3.8) is 0 Å². The van der Waals surface area contributed by atoms with Gasteiger partial charge in [-0.05, 0) is 110 Å². The number of hydrogen-bond donors (Lipinski definition) is 0. The molecule has 0 nitrogen and oxygen atoms in total. The third-order valence-electron chi connectivity index (χ3n) is 8.98. The number of hydrogen-bond acceptors (Lipinski definition) is 0. The minimum absolute atomic E-state index is 0.0360. The van der Waals surface area contributed by atoms with Crippen LogP contribution in [-0.2, 0) is 6.42 Å². The highest BCUT2D eigenvalue weighted by Crippen LogP contribution is 2.51. The predicted molar refractivity (Wildman–Crippen MR) is 122 cm³/mol. The van der Waals surface area contributed by atoms with Crippen LogP contribution in [0.4, 0.5) is 4.39 Å². The van der Waals surface area contributed by atoms with Crippen LogP contribution in [0.25, 0.3) is 0 Å². The summed E-state index contributed by atoms with van der Waals surface area (Å²) in [5.41, 5.74) is 2.18. The van der Waals surface area contributed by atoms with Crippen LogP contribution in [0, 0.1) is 35.4 Å². The maximum atomic E-state index is 14.5. The van der Waals surface area contributed by atoms with Crippen molar-refractivity contribution in [3.8, 4) is 0 Å². The van der Waals surface area contributed by atoms with Crippen LogP contribution in [0.15, 0.2) is 18.2 Å². The maximum absolute atomic E-state index is 14.5. The molecule has 0 radical (unpaired) electrons. The summed E-state index contributed by atoms with van der Waals surface area (Å²) >= 11 is 0. The Hall–Kier alpha value is -0.850. The molecular weight excluding hydrogens is 355 g/mol. The third-order valence-corrected chi connectivity index (χ3v) is 8.98. The Morgan fingerprint density at radius 2 is 1.41 bits per heavy atom. The van der Waals surface area contributed by atoms with Gasteiger partial charge in [0.15, 0.2) is 0 Å². The lowest BCUT2D eigenvalue weighted by Crippen LogP contribution is -2.34. The van der Waals surface area contributed by atoms with Crippen molar-refractivity contribution in [1.29, 1.82) is 0 Å². The van der Waals surface area contributed by atoms with Gasteiger partial charge in [0.25, 0.3) is 0 Å². The standard InChI is InChI=1S/C28H43F/c1-3-5-20-7-9-21(10-8-20)23-13-14-25-18-26(16-15-24(25)17-23)27-12-11-22(6-4-2)28(29)19-27/h11-12,19-21,23-26H,3-10,13-18H2,1-2H3. The van der Waals surface area contributed by atoms with Gasteiger partial charge in [0.05, 0.1) is 0 Å². The smallest absolute Gasteiger partial charge is 0.126 e. The summed E-state index contributed by atoms with van der Waals surface area (Å²) in [6.45, 7) is 4.47. The first-order chi connectivity index (χ1) is 14.2. The van der Waals surface area contributed by atoms with E-state index < -0.39 is 0 Å². The van der Waals surface area contributed by atoms with Crippen LogP contribution in [-0.4, -0.2) is 0 Å². The van der Waals surface area contributed by atoms with Crippen molar-refractivity contribution < 1.29 is 4.39 Å². The average molecular weight is 399 g/mol. The molecule has 29 heavy (non-hydrogen) atoms. The van der Waals surface area contributed by atoms with Crippen molar-refractivity contribution in [2.45, 2.75) is 110 Å². The summed E-state index contributed by atoms with van der Waals surface area (Å²) in [6, 6.07) is 6.17. The van der Waals surface area contributed by atoms with Crippen molar-refractivity contribution >= 4 is 0 Å². The molecule has 0 saturated heterocycles. The number of fused-ring (bicyclic) bond motifs is 1. The van der Waals surface area contributed by atoms with Gasteiger partial charge in [-0.1, -0.05) is 58.1 Å². The molecule has 0 spiro atoms. The van der Waals surface area contributed by atoms with Gasteiger partial charge in [0.2, 0.25) is 0 Å². The van der Waals surface area contributed by atoms with E-state index in [1.165, 1.54) is 82.6 Å². The Balaban J connectivity index is 1.30. The van der Waals surface area contributed by atoms with Gasteiger partial charge in [-0.25, -0.2) is 4.39 Å². The first-order valence-corrected chi connectivity index (χ1v) is 13.0. The summed E-state index contributed by atoms with van der Waals surface area (Å²) < 4.78 is 14.5. The van der Waals surface area contributed by atoms with Crippen LogP contribution < -0.4 is 0 Å². The van der Waals surface area contributed by atoms with E-state index in [9.17, 15) is 4.39 Å². The minimum atomic E-state index is 0.0360.